The zero-order valence-corrected chi connectivity index (χ0v) is 11.1. The highest BCUT2D eigenvalue weighted by atomic mass is 16.5. The minimum Gasteiger partial charge on any atom is -0.462 e. The number of hydrogen-bond acceptors (Lipinski definition) is 3. The quantitative estimate of drug-likeness (QED) is 0.299. The van der Waals surface area contributed by atoms with Crippen molar-refractivity contribution in [1.29, 1.82) is 5.26 Å². The Morgan fingerprint density at radius 3 is 2.61 bits per heavy atom. The Morgan fingerprint density at radius 2 is 1.94 bits per heavy atom. The van der Waals surface area contributed by atoms with Crippen LogP contribution in [0.1, 0.15) is 57.8 Å². The lowest BCUT2D eigenvalue weighted by molar-refractivity contribution is -0.138. The molecule has 0 aromatic heterocycles. The minimum atomic E-state index is -0.579. The number of nitrogens with zero attached hydrogens (tertiary/aromatic N) is 1. The van der Waals surface area contributed by atoms with E-state index in [-0.39, 0.29) is 5.57 Å². The second-order valence-electron chi connectivity index (χ2n) is 5.08. The average Bonchev–Trinajstić information content (AvgIpc) is 2.42. The Bertz CT molecular complexity index is 311. The van der Waals surface area contributed by atoms with Gasteiger partial charge in [-0.3, -0.25) is 0 Å². The molecule has 0 spiro atoms. The molecule has 0 aromatic rings. The van der Waals surface area contributed by atoms with E-state index >= 15 is 0 Å². The fraction of sp³-hybridized carbons (Fsp3) is 0.733. The number of carbonyl (C=O) groups is 1. The van der Waals surface area contributed by atoms with Crippen LogP contribution in [-0.2, 0) is 9.53 Å². The van der Waals surface area contributed by atoms with Crippen molar-refractivity contribution in [3.05, 3.63) is 12.2 Å². The third kappa shape index (κ3) is 5.86. The molecule has 18 heavy (non-hydrogen) atoms. The fourth-order valence-corrected chi connectivity index (χ4v) is 2.49. The topological polar surface area (TPSA) is 50.1 Å². The Labute approximate surface area is 110 Å². The molecule has 1 fully saturated rings. The first-order valence-electron chi connectivity index (χ1n) is 7.00. The third-order valence-electron chi connectivity index (χ3n) is 3.60. The summed E-state index contributed by atoms with van der Waals surface area (Å²) < 4.78 is 4.93. The van der Waals surface area contributed by atoms with Crippen molar-refractivity contribution in [2.24, 2.45) is 5.92 Å². The summed E-state index contributed by atoms with van der Waals surface area (Å²) in [5.74, 6) is 0.351. The molecular formula is C15H23NO2. The summed E-state index contributed by atoms with van der Waals surface area (Å²) in [6.45, 7) is 3.72. The molecule has 0 saturated heterocycles. The highest BCUT2D eigenvalue weighted by Crippen LogP contribution is 2.27. The highest BCUT2D eigenvalue weighted by molar-refractivity contribution is 5.91. The number of esters is 1. The molecule has 1 aliphatic carbocycles. The van der Waals surface area contributed by atoms with Crippen LogP contribution >= 0.6 is 0 Å². The van der Waals surface area contributed by atoms with Crippen LogP contribution in [0.15, 0.2) is 12.2 Å². The molecule has 0 heterocycles. The molecular weight excluding hydrogens is 226 g/mol. The predicted molar refractivity (Wildman–Crippen MR) is 70.8 cm³/mol. The van der Waals surface area contributed by atoms with Crippen LogP contribution in [0.3, 0.4) is 0 Å². The Hall–Kier alpha value is -1.30. The maximum absolute atomic E-state index is 11.1. The largest absolute Gasteiger partial charge is 0.462 e. The van der Waals surface area contributed by atoms with Gasteiger partial charge in [-0.15, -0.1) is 0 Å². The maximum Gasteiger partial charge on any atom is 0.348 e. The second-order valence-corrected chi connectivity index (χ2v) is 5.08. The van der Waals surface area contributed by atoms with E-state index in [2.05, 4.69) is 6.58 Å². The first-order chi connectivity index (χ1) is 8.74. The minimum absolute atomic E-state index is 0.114. The number of unbranched alkanes of at least 4 members (excludes halogenated alkanes) is 2. The van der Waals surface area contributed by atoms with E-state index in [0.29, 0.717) is 6.61 Å². The Balaban J connectivity index is 1.94. The number of hydrogen-bond donors (Lipinski definition) is 0. The maximum atomic E-state index is 11.1. The van der Waals surface area contributed by atoms with Gasteiger partial charge in [-0.25, -0.2) is 4.79 Å². The summed E-state index contributed by atoms with van der Waals surface area (Å²) in [7, 11) is 0. The normalized spacial score (nSPS) is 15.9. The second kappa shape index (κ2) is 8.74. The van der Waals surface area contributed by atoms with Crippen LogP contribution in [0.2, 0.25) is 0 Å². The first-order valence-corrected chi connectivity index (χ1v) is 7.00. The van der Waals surface area contributed by atoms with Gasteiger partial charge in [0.15, 0.2) is 0 Å². The van der Waals surface area contributed by atoms with E-state index in [0.717, 1.165) is 18.8 Å². The molecule has 0 aliphatic heterocycles. The van der Waals surface area contributed by atoms with Crippen LogP contribution < -0.4 is 0 Å². The van der Waals surface area contributed by atoms with Crippen molar-refractivity contribution in [3.8, 4) is 6.07 Å². The number of rotatable bonds is 7. The van der Waals surface area contributed by atoms with Crippen molar-refractivity contribution in [1.82, 2.24) is 0 Å². The van der Waals surface area contributed by atoms with Gasteiger partial charge in [0.2, 0.25) is 0 Å². The van der Waals surface area contributed by atoms with Crippen molar-refractivity contribution in [3.63, 3.8) is 0 Å². The lowest BCUT2D eigenvalue weighted by Gasteiger charge is -2.21. The molecule has 0 N–H and O–H groups in total. The molecule has 3 heteroatoms. The van der Waals surface area contributed by atoms with Gasteiger partial charge in [-0.1, -0.05) is 57.9 Å². The number of nitriles is 1. The molecule has 1 saturated carbocycles. The zero-order chi connectivity index (χ0) is 13.2. The van der Waals surface area contributed by atoms with Gasteiger partial charge in [0.1, 0.15) is 11.6 Å². The van der Waals surface area contributed by atoms with Crippen molar-refractivity contribution < 1.29 is 9.53 Å². The summed E-state index contributed by atoms with van der Waals surface area (Å²) in [5, 5.41) is 8.44. The predicted octanol–water partition coefficient (Wildman–Crippen LogP) is 3.75. The average molecular weight is 249 g/mol. The van der Waals surface area contributed by atoms with E-state index in [1.54, 1.807) is 6.07 Å². The standard InChI is InChI=1S/C15H23NO2/c1-13(12-16)15(17)18-11-7-3-6-10-14-8-4-2-5-9-14/h14H,1-11H2. The van der Waals surface area contributed by atoms with Crippen LogP contribution in [0.5, 0.6) is 0 Å². The van der Waals surface area contributed by atoms with Gasteiger partial charge in [0, 0.05) is 0 Å². The van der Waals surface area contributed by atoms with Gasteiger partial charge in [-0.05, 0) is 12.3 Å². The van der Waals surface area contributed by atoms with Gasteiger partial charge in [-0.2, -0.15) is 5.26 Å². The Kier molecular flexibility index (Phi) is 7.17. The van der Waals surface area contributed by atoms with Crippen molar-refractivity contribution in [2.75, 3.05) is 6.61 Å². The third-order valence-corrected chi connectivity index (χ3v) is 3.60. The smallest absolute Gasteiger partial charge is 0.348 e. The summed E-state index contributed by atoms with van der Waals surface area (Å²) in [4.78, 5) is 11.1. The fourth-order valence-electron chi connectivity index (χ4n) is 2.49. The monoisotopic (exact) mass is 249 g/mol. The van der Waals surface area contributed by atoms with Gasteiger partial charge in [0.05, 0.1) is 6.61 Å². The molecule has 1 aliphatic rings. The summed E-state index contributed by atoms with van der Waals surface area (Å²) in [5.41, 5.74) is -0.114. The van der Waals surface area contributed by atoms with Gasteiger partial charge < -0.3 is 4.74 Å². The molecule has 0 unspecified atom stereocenters. The lowest BCUT2D eigenvalue weighted by atomic mass is 9.86. The van der Waals surface area contributed by atoms with Crippen LogP contribution in [0.4, 0.5) is 0 Å². The molecule has 0 amide bonds. The van der Waals surface area contributed by atoms with Crippen molar-refractivity contribution in [2.45, 2.75) is 57.8 Å². The lowest BCUT2D eigenvalue weighted by Crippen LogP contribution is -2.08. The summed E-state index contributed by atoms with van der Waals surface area (Å²) in [6.07, 6.45) is 11.5. The SMILES string of the molecule is C=C(C#N)C(=O)OCCCCCC1CCCCC1. The molecule has 0 atom stereocenters. The van der Waals surface area contributed by atoms with Gasteiger partial charge >= 0.3 is 5.97 Å². The van der Waals surface area contributed by atoms with Crippen LogP contribution in [0.25, 0.3) is 0 Å². The molecule has 1 rings (SSSR count). The Morgan fingerprint density at radius 1 is 1.22 bits per heavy atom. The van der Waals surface area contributed by atoms with Gasteiger partial charge in [0.25, 0.3) is 0 Å². The molecule has 0 bridgehead atoms. The van der Waals surface area contributed by atoms with Crippen LogP contribution in [0, 0.1) is 17.2 Å². The van der Waals surface area contributed by atoms with E-state index in [4.69, 9.17) is 10.00 Å². The van der Waals surface area contributed by atoms with E-state index in [1.807, 2.05) is 0 Å². The van der Waals surface area contributed by atoms with E-state index in [1.165, 1.54) is 44.9 Å². The first kappa shape index (κ1) is 14.8. The highest BCUT2D eigenvalue weighted by Gasteiger charge is 2.12. The zero-order valence-electron chi connectivity index (χ0n) is 11.1. The summed E-state index contributed by atoms with van der Waals surface area (Å²) >= 11 is 0. The molecule has 100 valence electrons. The van der Waals surface area contributed by atoms with Crippen molar-refractivity contribution >= 4 is 5.97 Å². The number of carbonyl (C=O) groups excluding carboxylic acids is 1. The number of ether oxygens (including phenoxy) is 1. The molecule has 3 nitrogen and oxygen atoms in total. The van der Waals surface area contributed by atoms with Crippen LogP contribution in [-0.4, -0.2) is 12.6 Å². The van der Waals surface area contributed by atoms with E-state index < -0.39 is 5.97 Å². The molecule has 0 radical (unpaired) electrons. The molecule has 0 aromatic carbocycles. The summed E-state index contributed by atoms with van der Waals surface area (Å²) in [6, 6.07) is 1.69. The van der Waals surface area contributed by atoms with E-state index in [9.17, 15) is 4.79 Å².